The van der Waals surface area contributed by atoms with Crippen LogP contribution in [-0.4, -0.2) is 21.9 Å². The molecule has 7 aliphatic rings. The van der Waals surface area contributed by atoms with Crippen molar-refractivity contribution in [3.05, 3.63) is 0 Å². The van der Waals surface area contributed by atoms with Crippen LogP contribution >= 0.6 is 0 Å². The summed E-state index contributed by atoms with van der Waals surface area (Å²) in [5, 5.41) is 21.7. The van der Waals surface area contributed by atoms with Gasteiger partial charge in [-0.1, -0.05) is 0 Å². The second-order valence-corrected chi connectivity index (χ2v) is 7.75. The molecule has 2 N–H and O–H groups in total. The zero-order valence-corrected chi connectivity index (χ0v) is 10.3. The molecule has 2 heteroatoms. The van der Waals surface area contributed by atoms with Crippen LogP contribution in [0.1, 0.15) is 38.5 Å². The topological polar surface area (TPSA) is 40.5 Å². The first-order valence-electron chi connectivity index (χ1n) is 7.58. The smallest absolute Gasteiger partial charge is 0.0967 e. The van der Waals surface area contributed by atoms with Gasteiger partial charge in [-0.3, -0.25) is 0 Å². The zero-order chi connectivity index (χ0) is 11.4. The number of aliphatic hydroxyl groups is 2. The summed E-state index contributed by atoms with van der Waals surface area (Å²) in [4.78, 5) is 0. The van der Waals surface area contributed by atoms with Crippen LogP contribution in [-0.2, 0) is 0 Å². The molecule has 7 saturated carbocycles. The van der Waals surface area contributed by atoms with E-state index in [9.17, 15) is 10.2 Å². The second kappa shape index (κ2) is 2.75. The normalized spacial score (nSPS) is 70.9. The van der Waals surface area contributed by atoms with Gasteiger partial charge in [0.1, 0.15) is 0 Å². The molecule has 2 nitrogen and oxygen atoms in total. The highest BCUT2D eigenvalue weighted by Gasteiger charge is 2.69. The Bertz CT molecular complexity index is 355. The Kier molecular flexibility index (Phi) is 1.58. The van der Waals surface area contributed by atoms with Gasteiger partial charge >= 0.3 is 0 Å². The Labute approximate surface area is 102 Å². The van der Waals surface area contributed by atoms with E-state index in [0.717, 1.165) is 30.1 Å². The summed E-state index contributed by atoms with van der Waals surface area (Å²) in [5.41, 5.74) is -0.687. The molecular weight excluding hydrogens is 212 g/mol. The molecule has 0 aromatic rings. The van der Waals surface area contributed by atoms with E-state index in [1.165, 1.54) is 32.1 Å². The van der Waals surface area contributed by atoms with Crippen molar-refractivity contribution < 1.29 is 10.2 Å². The van der Waals surface area contributed by atoms with Crippen molar-refractivity contribution in [2.45, 2.75) is 50.2 Å². The van der Waals surface area contributed by atoms with Crippen LogP contribution in [0.5, 0.6) is 0 Å². The highest BCUT2D eigenvalue weighted by atomic mass is 16.3. The molecular formula is C15H22O2. The molecule has 0 spiro atoms. The molecule has 0 amide bonds. The maximum absolute atomic E-state index is 11.2. The quantitative estimate of drug-likeness (QED) is 0.671. The molecule has 5 unspecified atom stereocenters. The fourth-order valence-electron chi connectivity index (χ4n) is 7.08. The van der Waals surface area contributed by atoms with Crippen molar-refractivity contribution in [1.29, 1.82) is 0 Å². The third-order valence-corrected chi connectivity index (χ3v) is 7.40. The Balaban J connectivity index is 1.73. The maximum atomic E-state index is 11.2. The number of rotatable bonds is 0. The lowest BCUT2D eigenvalue weighted by atomic mass is 9.40. The molecule has 0 aliphatic heterocycles. The monoisotopic (exact) mass is 234 g/mol. The van der Waals surface area contributed by atoms with E-state index in [-0.39, 0.29) is 0 Å². The van der Waals surface area contributed by atoms with Gasteiger partial charge < -0.3 is 10.2 Å². The molecule has 0 aromatic heterocycles. The lowest BCUT2D eigenvalue weighted by molar-refractivity contribution is -0.260. The van der Waals surface area contributed by atoms with Gasteiger partial charge in [0, 0.05) is 0 Å². The lowest BCUT2D eigenvalue weighted by Gasteiger charge is -2.67. The van der Waals surface area contributed by atoms with Crippen LogP contribution in [0.15, 0.2) is 0 Å². The largest absolute Gasteiger partial charge is 0.390 e. The van der Waals surface area contributed by atoms with Crippen LogP contribution in [0.3, 0.4) is 0 Å². The molecule has 0 heterocycles. The maximum Gasteiger partial charge on any atom is 0.0967 e. The summed E-state index contributed by atoms with van der Waals surface area (Å²) in [6, 6.07) is 0. The van der Waals surface area contributed by atoms with Crippen LogP contribution < -0.4 is 0 Å². The number of fused-ring (bicyclic) bond motifs is 1. The first-order chi connectivity index (χ1) is 8.18. The van der Waals surface area contributed by atoms with E-state index >= 15 is 0 Å². The average Bonchev–Trinajstić information content (AvgIpc) is 2.48. The minimum atomic E-state index is -0.687. The second-order valence-electron chi connectivity index (χ2n) is 7.75. The first kappa shape index (κ1) is 9.80. The van der Waals surface area contributed by atoms with Gasteiger partial charge in [-0.2, -0.15) is 0 Å². The molecule has 7 rings (SSSR count). The Morgan fingerprint density at radius 1 is 0.706 bits per heavy atom. The molecule has 0 aromatic carbocycles. The molecule has 5 atom stereocenters. The van der Waals surface area contributed by atoms with Crippen LogP contribution in [0.25, 0.3) is 0 Å². The Hall–Kier alpha value is -0.0800. The SMILES string of the molecule is OC1CC2CC3C4CC5CC3C1(O)C(C5)C4C2. The number of aliphatic hydroxyl groups excluding tert-OH is 1. The molecule has 17 heavy (non-hydrogen) atoms. The molecule has 0 radical (unpaired) electrons. The van der Waals surface area contributed by atoms with Crippen molar-refractivity contribution >= 4 is 0 Å². The third-order valence-electron chi connectivity index (χ3n) is 7.40. The van der Waals surface area contributed by atoms with E-state index in [0.29, 0.717) is 17.8 Å². The number of hydrogen-bond donors (Lipinski definition) is 2. The fraction of sp³-hybridized carbons (Fsp3) is 1.00. The van der Waals surface area contributed by atoms with E-state index in [2.05, 4.69) is 0 Å². The van der Waals surface area contributed by atoms with Gasteiger partial charge in [0.25, 0.3) is 0 Å². The van der Waals surface area contributed by atoms with E-state index in [1.807, 2.05) is 0 Å². The molecule has 7 fully saturated rings. The summed E-state index contributed by atoms with van der Waals surface area (Å²) in [6.07, 6.45) is 6.96. The van der Waals surface area contributed by atoms with Crippen molar-refractivity contribution in [3.8, 4) is 0 Å². The van der Waals surface area contributed by atoms with Gasteiger partial charge in [0.15, 0.2) is 0 Å². The number of hydrogen-bond acceptors (Lipinski definition) is 2. The minimum Gasteiger partial charge on any atom is -0.390 e. The third kappa shape index (κ3) is 0.920. The van der Waals surface area contributed by atoms with Gasteiger partial charge in [-0.25, -0.2) is 0 Å². The van der Waals surface area contributed by atoms with Gasteiger partial charge in [0.2, 0.25) is 0 Å². The summed E-state index contributed by atoms with van der Waals surface area (Å²) in [7, 11) is 0. The van der Waals surface area contributed by atoms with Crippen molar-refractivity contribution in [2.24, 2.45) is 41.4 Å². The van der Waals surface area contributed by atoms with Gasteiger partial charge in [-0.05, 0) is 80.0 Å². The van der Waals surface area contributed by atoms with Crippen LogP contribution in [0.2, 0.25) is 0 Å². The fourth-order valence-corrected chi connectivity index (χ4v) is 7.08. The standard InChI is InChI=1S/C15H22O2/c16-14-6-7-2-10-9-1-8-4-12(10)15(14,17)13(5-8)11(9)3-7/h7-14,16-17H,1-6H2. The molecule has 0 saturated heterocycles. The first-order valence-corrected chi connectivity index (χ1v) is 7.58. The van der Waals surface area contributed by atoms with E-state index in [1.54, 1.807) is 0 Å². The van der Waals surface area contributed by atoms with Crippen molar-refractivity contribution in [2.75, 3.05) is 0 Å². The van der Waals surface area contributed by atoms with E-state index < -0.39 is 11.7 Å². The highest BCUT2D eigenvalue weighted by Crippen LogP contribution is 2.70. The minimum absolute atomic E-state index is 0.419. The Morgan fingerprint density at radius 3 is 1.88 bits per heavy atom. The predicted octanol–water partition coefficient (Wildman–Crippen LogP) is 1.80. The highest BCUT2D eigenvalue weighted by molar-refractivity contribution is 5.19. The van der Waals surface area contributed by atoms with Crippen LogP contribution in [0, 0.1) is 41.4 Å². The Morgan fingerprint density at radius 2 is 1.24 bits per heavy atom. The molecule has 8 bridgehead atoms. The predicted molar refractivity (Wildman–Crippen MR) is 63.1 cm³/mol. The zero-order valence-electron chi connectivity index (χ0n) is 10.3. The molecule has 7 aliphatic carbocycles. The van der Waals surface area contributed by atoms with Crippen molar-refractivity contribution in [1.82, 2.24) is 0 Å². The van der Waals surface area contributed by atoms with Gasteiger partial charge in [-0.15, -0.1) is 0 Å². The van der Waals surface area contributed by atoms with Gasteiger partial charge in [0.05, 0.1) is 11.7 Å². The van der Waals surface area contributed by atoms with E-state index in [4.69, 9.17) is 0 Å². The van der Waals surface area contributed by atoms with Crippen LogP contribution in [0.4, 0.5) is 0 Å². The summed E-state index contributed by atoms with van der Waals surface area (Å²) in [6.45, 7) is 0. The summed E-state index contributed by atoms with van der Waals surface area (Å²) >= 11 is 0. The lowest BCUT2D eigenvalue weighted by Crippen LogP contribution is -2.68. The summed E-state index contributed by atoms with van der Waals surface area (Å²) < 4.78 is 0. The van der Waals surface area contributed by atoms with Crippen molar-refractivity contribution in [3.63, 3.8) is 0 Å². The summed E-state index contributed by atoms with van der Waals surface area (Å²) in [5.74, 6) is 4.92. The molecule has 94 valence electrons. The average molecular weight is 234 g/mol.